The summed E-state index contributed by atoms with van der Waals surface area (Å²) in [5, 5.41) is 0. The van der Waals surface area contributed by atoms with E-state index in [0.717, 1.165) is 0 Å². The van der Waals surface area contributed by atoms with Crippen molar-refractivity contribution in [2.24, 2.45) is 0 Å². The van der Waals surface area contributed by atoms with Crippen molar-refractivity contribution < 1.29 is 107 Å². The molecule has 8 N–H and O–H groups in total. The fourth-order valence-electron chi connectivity index (χ4n) is 0. The zero-order chi connectivity index (χ0) is 9.00. The minimum Gasteiger partial charge on any atom is -0.412 e. The third kappa shape index (κ3) is 2380. The molecule has 0 unspecified atom stereocenters. The molecule has 0 rings (SSSR count). The van der Waals surface area contributed by atoms with Crippen molar-refractivity contribution in [3.8, 4) is 0 Å². The Morgan fingerprint density at radius 3 is 0.400 bits per heavy atom. The van der Waals surface area contributed by atoms with Crippen LogP contribution in [0, 0.1) is 20.5 Å². The maximum absolute atomic E-state index is 8.49. The van der Waals surface area contributed by atoms with Crippen molar-refractivity contribution in [2.75, 3.05) is 0 Å². The molecular weight excluding hydrogens is 463 g/mol. The van der Waals surface area contributed by atoms with E-state index in [-0.39, 0.29) is 49.6 Å². The predicted octanol–water partition coefficient (Wildman–Crippen LogP) is -12.8. The van der Waals surface area contributed by atoms with Crippen molar-refractivity contribution in [1.29, 1.82) is 0 Å². The van der Waals surface area contributed by atoms with Crippen LogP contribution in [0.4, 0.5) is 0 Å². The summed E-state index contributed by atoms with van der Waals surface area (Å²) in [4.78, 5) is 0. The molecule has 0 aromatic heterocycles. The molecule has 0 aliphatic carbocycles. The predicted molar refractivity (Wildman–Crippen MR) is 14.5 cm³/mol. The second kappa shape index (κ2) is 17.4. The molecule has 0 aromatic rings. The molecule has 0 aliphatic rings. The van der Waals surface area contributed by atoms with Crippen molar-refractivity contribution >= 4 is 0 Å². The Bertz CT molecular complexity index is 56.6. The monoisotopic (exact) mass is 472 g/mol. The molecule has 0 amide bonds. The first-order valence-corrected chi connectivity index (χ1v) is 3.70. The zero-order valence-corrected chi connectivity index (χ0v) is 13.7. The third-order valence-corrected chi connectivity index (χ3v) is 0. The van der Waals surface area contributed by atoms with E-state index in [2.05, 4.69) is 0 Å². The van der Waals surface area contributed by atoms with E-state index in [9.17, 15) is 0 Å². The average molecular weight is 472 g/mol. The summed E-state index contributed by atoms with van der Waals surface area (Å²) in [6.45, 7) is 0. The second-order valence-corrected chi connectivity index (χ2v) is 2.27. The van der Waals surface area contributed by atoms with Crippen molar-refractivity contribution in [3.05, 3.63) is 0 Å². The van der Waals surface area contributed by atoms with Crippen molar-refractivity contribution in [1.82, 2.24) is 0 Å². The fourth-order valence-corrected chi connectivity index (χ4v) is 0. The van der Waals surface area contributed by atoms with Crippen LogP contribution < -0.4 is 37.3 Å². The topological polar surface area (TPSA) is 310 Å². The summed E-state index contributed by atoms with van der Waals surface area (Å²) >= 11 is 0. The summed E-state index contributed by atoms with van der Waals surface area (Å²) in [5.41, 5.74) is 0. The molecule has 0 spiro atoms. The second-order valence-electron chi connectivity index (χ2n) is 0.756. The van der Waals surface area contributed by atoms with Gasteiger partial charge >= 0.3 is 27.7 Å². The largest absolute Gasteiger partial charge is 2.00 e. The first kappa shape index (κ1) is 44.4. The Morgan fingerprint density at radius 2 is 0.400 bits per heavy atom. The molecule has 0 aliphatic heterocycles. The summed E-state index contributed by atoms with van der Waals surface area (Å²) in [6, 6.07) is 0. The van der Waals surface area contributed by atoms with E-state index in [4.69, 9.17) is 37.3 Å². The fraction of sp³-hybridized carbons (Fsp3) is 0. The van der Waals surface area contributed by atoms with Crippen LogP contribution in [0.5, 0.6) is 0 Å². The average Bonchev–Trinajstić information content (AvgIpc) is 1.12. The van der Waals surface area contributed by atoms with Crippen LogP contribution >= 0.6 is 0 Å². The Morgan fingerprint density at radius 1 is 0.400 bits per heavy atom. The van der Waals surface area contributed by atoms with Crippen LogP contribution in [0.15, 0.2) is 0 Å². The van der Waals surface area contributed by atoms with Crippen LogP contribution in [-0.4, -0.2) is 21.9 Å². The van der Waals surface area contributed by atoms with Gasteiger partial charge in [0.2, 0.25) is 0 Å². The summed E-state index contributed by atoms with van der Waals surface area (Å²) < 4.78 is 67.9. The van der Waals surface area contributed by atoms with Gasteiger partial charge in [-0.25, -0.2) is 37.3 Å². The molecule has 15 heteroatoms. The number of hydrogen-bond donors (Lipinski definition) is 0. The molecule has 0 saturated carbocycles. The van der Waals surface area contributed by atoms with Gasteiger partial charge in [-0.15, -0.1) is 20.5 Å². The third-order valence-electron chi connectivity index (χ3n) is 0. The summed E-state index contributed by atoms with van der Waals surface area (Å²) in [5.74, 6) is 0. The number of hydrogen-bond acceptors (Lipinski definition) is 8. The number of halogens is 2. The van der Waals surface area contributed by atoms with Crippen LogP contribution in [0.3, 0.4) is 0 Å². The van der Waals surface area contributed by atoms with Gasteiger partial charge in [-0.2, -0.15) is 0 Å². The Balaban J connectivity index is -0.0000000128. The van der Waals surface area contributed by atoms with E-state index in [1.54, 1.807) is 0 Å². The zero-order valence-electron chi connectivity index (χ0n) is 6.73. The maximum Gasteiger partial charge on any atom is 2.00 e. The minimum atomic E-state index is -4.94. The smallest absolute Gasteiger partial charge is 0.412 e. The van der Waals surface area contributed by atoms with Crippen molar-refractivity contribution in [3.63, 3.8) is 0 Å². The SMILES string of the molecule is O.O.O.O.[Hg+2].[O-][Cl+3]([O-])([O-])[O-].[O-][Cl+3]([O-])([O-])[O-]. The number of rotatable bonds is 0. The van der Waals surface area contributed by atoms with Gasteiger partial charge in [0.1, 0.15) is 0 Å². The molecule has 0 radical (unpaired) electrons. The van der Waals surface area contributed by atoms with E-state index in [1.807, 2.05) is 0 Å². The maximum atomic E-state index is 8.49. The standard InChI is InChI=1S/2ClHO4.Hg.4H2O/c2*2-1(3,4)5;;;;;/h2*(H,2,3,4,5);;4*1H2/q;;+2;;;;/p-2. The van der Waals surface area contributed by atoms with Crippen molar-refractivity contribution in [2.45, 2.75) is 0 Å². The summed E-state index contributed by atoms with van der Waals surface area (Å²) in [6.07, 6.45) is 0. The Kier molecular flexibility index (Phi) is 51.6. The normalized spacial score (nSPS) is 8.00. The van der Waals surface area contributed by atoms with Gasteiger partial charge < -0.3 is 21.9 Å². The molecule has 96 valence electrons. The van der Waals surface area contributed by atoms with Gasteiger partial charge in [0.15, 0.2) is 0 Å². The first-order valence-electron chi connectivity index (χ1n) is 1.23. The molecular formula is H8Cl2HgO12. The van der Waals surface area contributed by atoms with Gasteiger partial charge in [-0.05, 0) is 0 Å². The van der Waals surface area contributed by atoms with Gasteiger partial charge in [0, 0.05) is 0 Å². The van der Waals surface area contributed by atoms with E-state index < -0.39 is 20.5 Å². The van der Waals surface area contributed by atoms with Gasteiger partial charge in [0.25, 0.3) is 0 Å². The van der Waals surface area contributed by atoms with Gasteiger partial charge in [-0.1, -0.05) is 0 Å². The molecule has 0 atom stereocenters. The Labute approximate surface area is 107 Å². The van der Waals surface area contributed by atoms with Crippen LogP contribution in [-0.2, 0) is 27.7 Å². The Hall–Kier alpha value is 1.04. The van der Waals surface area contributed by atoms with Crippen LogP contribution in [0.1, 0.15) is 0 Å². The van der Waals surface area contributed by atoms with Gasteiger partial charge in [0.05, 0.1) is 0 Å². The molecule has 0 aromatic carbocycles. The van der Waals surface area contributed by atoms with E-state index in [0.29, 0.717) is 0 Å². The summed E-state index contributed by atoms with van der Waals surface area (Å²) in [7, 11) is -9.89. The molecule has 15 heavy (non-hydrogen) atoms. The van der Waals surface area contributed by atoms with Gasteiger partial charge in [-0.3, -0.25) is 0 Å². The molecule has 0 saturated heterocycles. The van der Waals surface area contributed by atoms with Crippen LogP contribution in [0.25, 0.3) is 0 Å². The van der Waals surface area contributed by atoms with E-state index >= 15 is 0 Å². The molecule has 12 nitrogen and oxygen atoms in total. The first-order chi connectivity index (χ1) is 4.00. The van der Waals surface area contributed by atoms with E-state index in [1.165, 1.54) is 0 Å². The molecule has 0 bridgehead atoms. The molecule has 0 heterocycles. The van der Waals surface area contributed by atoms with Crippen LogP contribution in [0.2, 0.25) is 0 Å². The molecule has 0 fully saturated rings. The minimum absolute atomic E-state index is 0. The quantitative estimate of drug-likeness (QED) is 0.304.